The predicted molar refractivity (Wildman–Crippen MR) is 67.4 cm³/mol. The zero-order valence-corrected chi connectivity index (χ0v) is 10.4. The van der Waals surface area contributed by atoms with Crippen LogP contribution in [0.25, 0.3) is 11.3 Å². The van der Waals surface area contributed by atoms with Crippen molar-refractivity contribution in [3.8, 4) is 11.3 Å². The average molecular weight is 245 g/mol. The molecule has 18 heavy (non-hydrogen) atoms. The molecule has 1 aromatic carbocycles. The molecule has 2 rings (SSSR count). The van der Waals surface area contributed by atoms with Crippen LogP contribution >= 0.6 is 0 Å². The van der Waals surface area contributed by atoms with Crippen molar-refractivity contribution in [3.05, 3.63) is 41.5 Å². The Bertz CT molecular complexity index is 572. The highest BCUT2D eigenvalue weighted by molar-refractivity contribution is 5.68. The van der Waals surface area contributed by atoms with Gasteiger partial charge in [-0.15, -0.1) is 0 Å². The summed E-state index contributed by atoms with van der Waals surface area (Å²) in [6, 6.07) is 6.04. The fraction of sp³-hybridized carbons (Fsp3) is 0.286. The van der Waals surface area contributed by atoms with Gasteiger partial charge in [-0.1, -0.05) is 12.1 Å². The zero-order valence-electron chi connectivity index (χ0n) is 10.4. The summed E-state index contributed by atoms with van der Waals surface area (Å²) >= 11 is 0. The summed E-state index contributed by atoms with van der Waals surface area (Å²) in [6.45, 7) is 4.09. The number of carbonyl (C=O) groups is 1. The molecule has 0 amide bonds. The number of oxazole rings is 1. The topological polar surface area (TPSA) is 63.3 Å². The van der Waals surface area contributed by atoms with Crippen LogP contribution in [0.4, 0.5) is 0 Å². The SMILES string of the molecule is Cc1ccc(-c2ncoc2CCC(=O)O)cc1C. The van der Waals surface area contributed by atoms with Crippen LogP contribution in [0, 0.1) is 13.8 Å². The van der Waals surface area contributed by atoms with E-state index >= 15 is 0 Å². The van der Waals surface area contributed by atoms with Crippen molar-refractivity contribution in [2.24, 2.45) is 0 Å². The Morgan fingerprint density at radius 2 is 2.11 bits per heavy atom. The van der Waals surface area contributed by atoms with Crippen molar-refractivity contribution < 1.29 is 14.3 Å². The van der Waals surface area contributed by atoms with Crippen molar-refractivity contribution in [2.45, 2.75) is 26.7 Å². The lowest BCUT2D eigenvalue weighted by atomic mass is 10.0. The molecule has 0 saturated carbocycles. The highest BCUT2D eigenvalue weighted by Gasteiger charge is 2.12. The van der Waals surface area contributed by atoms with E-state index in [1.165, 1.54) is 17.5 Å². The lowest BCUT2D eigenvalue weighted by Gasteiger charge is -2.04. The fourth-order valence-electron chi connectivity index (χ4n) is 1.79. The number of carboxylic acids is 1. The quantitative estimate of drug-likeness (QED) is 0.899. The Morgan fingerprint density at radius 3 is 2.78 bits per heavy atom. The summed E-state index contributed by atoms with van der Waals surface area (Å²) in [5.74, 6) is -0.210. The van der Waals surface area contributed by atoms with Crippen LogP contribution < -0.4 is 0 Å². The summed E-state index contributed by atoms with van der Waals surface area (Å²) < 4.78 is 5.27. The second-order valence-electron chi connectivity index (χ2n) is 4.32. The molecule has 0 aliphatic carbocycles. The van der Waals surface area contributed by atoms with Gasteiger partial charge in [0.05, 0.1) is 6.42 Å². The number of nitrogens with zero attached hydrogens (tertiary/aromatic N) is 1. The number of carboxylic acid groups (broad SMARTS) is 1. The maximum absolute atomic E-state index is 10.6. The highest BCUT2D eigenvalue weighted by Crippen LogP contribution is 2.25. The lowest BCUT2D eigenvalue weighted by molar-refractivity contribution is -0.137. The molecule has 0 radical (unpaired) electrons. The molecule has 4 nitrogen and oxygen atoms in total. The maximum atomic E-state index is 10.6. The van der Waals surface area contributed by atoms with E-state index in [4.69, 9.17) is 9.52 Å². The van der Waals surface area contributed by atoms with Crippen molar-refractivity contribution in [1.82, 2.24) is 4.98 Å². The van der Waals surface area contributed by atoms with Crippen molar-refractivity contribution in [3.63, 3.8) is 0 Å². The molecule has 1 heterocycles. The fourth-order valence-corrected chi connectivity index (χ4v) is 1.79. The Morgan fingerprint density at radius 1 is 1.33 bits per heavy atom. The first kappa shape index (κ1) is 12.4. The van der Waals surface area contributed by atoms with E-state index in [2.05, 4.69) is 4.98 Å². The molecule has 1 N–H and O–H groups in total. The van der Waals surface area contributed by atoms with Gasteiger partial charge in [-0.3, -0.25) is 4.79 Å². The van der Waals surface area contributed by atoms with E-state index in [1.807, 2.05) is 32.0 Å². The number of benzene rings is 1. The Kier molecular flexibility index (Phi) is 3.46. The van der Waals surface area contributed by atoms with Crippen molar-refractivity contribution in [2.75, 3.05) is 0 Å². The van der Waals surface area contributed by atoms with Gasteiger partial charge >= 0.3 is 5.97 Å². The molecule has 0 saturated heterocycles. The molecule has 94 valence electrons. The number of aliphatic carboxylic acids is 1. The first-order chi connectivity index (χ1) is 8.58. The van der Waals surface area contributed by atoms with Crippen LogP contribution in [0.5, 0.6) is 0 Å². The minimum absolute atomic E-state index is 0.0486. The molecule has 1 aromatic heterocycles. The second kappa shape index (κ2) is 5.04. The zero-order chi connectivity index (χ0) is 13.1. The average Bonchev–Trinajstić information content (AvgIpc) is 2.78. The summed E-state index contributed by atoms with van der Waals surface area (Å²) in [4.78, 5) is 14.8. The summed E-state index contributed by atoms with van der Waals surface area (Å²) in [5.41, 5.74) is 4.10. The number of rotatable bonds is 4. The second-order valence-corrected chi connectivity index (χ2v) is 4.32. The Hall–Kier alpha value is -2.10. The van der Waals surface area contributed by atoms with Crippen LogP contribution in [-0.4, -0.2) is 16.1 Å². The Labute approximate surface area is 105 Å². The summed E-state index contributed by atoms with van der Waals surface area (Å²) in [6.07, 6.45) is 1.77. The van der Waals surface area contributed by atoms with E-state index in [9.17, 15) is 4.79 Å². The van der Waals surface area contributed by atoms with Crippen LogP contribution in [0.1, 0.15) is 23.3 Å². The monoisotopic (exact) mass is 245 g/mol. The van der Waals surface area contributed by atoms with Crippen molar-refractivity contribution in [1.29, 1.82) is 0 Å². The number of hydrogen-bond acceptors (Lipinski definition) is 3. The predicted octanol–water partition coefficient (Wildman–Crippen LogP) is 2.98. The van der Waals surface area contributed by atoms with Gasteiger partial charge in [0.1, 0.15) is 11.5 Å². The molecular formula is C14H15NO3. The molecule has 0 fully saturated rings. The van der Waals surface area contributed by atoms with Crippen LogP contribution in [0.15, 0.2) is 29.0 Å². The first-order valence-electron chi connectivity index (χ1n) is 5.79. The van der Waals surface area contributed by atoms with Gasteiger partial charge in [0.15, 0.2) is 6.39 Å². The van der Waals surface area contributed by atoms with E-state index in [-0.39, 0.29) is 6.42 Å². The summed E-state index contributed by atoms with van der Waals surface area (Å²) in [7, 11) is 0. The lowest BCUT2D eigenvalue weighted by Crippen LogP contribution is -1.98. The van der Waals surface area contributed by atoms with Crippen molar-refractivity contribution >= 4 is 5.97 Å². The van der Waals surface area contributed by atoms with Gasteiger partial charge in [0.25, 0.3) is 0 Å². The van der Waals surface area contributed by atoms with Gasteiger partial charge in [-0.2, -0.15) is 0 Å². The molecule has 0 unspecified atom stereocenters. The molecule has 0 bridgehead atoms. The van der Waals surface area contributed by atoms with E-state index in [0.29, 0.717) is 12.2 Å². The number of aromatic nitrogens is 1. The molecule has 0 atom stereocenters. The molecule has 0 aliphatic rings. The molecule has 0 aliphatic heterocycles. The van der Waals surface area contributed by atoms with Gasteiger partial charge in [-0.05, 0) is 31.0 Å². The van der Waals surface area contributed by atoms with Crippen LogP contribution in [0.3, 0.4) is 0 Å². The molecule has 4 heteroatoms. The third-order valence-electron chi connectivity index (χ3n) is 2.99. The minimum atomic E-state index is -0.836. The van der Waals surface area contributed by atoms with E-state index < -0.39 is 5.97 Å². The normalized spacial score (nSPS) is 10.6. The molecule has 0 spiro atoms. The number of aryl methyl sites for hydroxylation is 3. The summed E-state index contributed by atoms with van der Waals surface area (Å²) in [5, 5.41) is 8.69. The number of hydrogen-bond donors (Lipinski definition) is 1. The standard InChI is InChI=1S/C14H15NO3/c1-9-3-4-11(7-10(9)2)14-12(18-8-15-14)5-6-13(16)17/h3-4,7-8H,5-6H2,1-2H3,(H,16,17). The van der Waals surface area contributed by atoms with Gasteiger partial charge < -0.3 is 9.52 Å². The van der Waals surface area contributed by atoms with Crippen LogP contribution in [0.2, 0.25) is 0 Å². The van der Waals surface area contributed by atoms with Gasteiger partial charge in [-0.25, -0.2) is 4.98 Å². The smallest absolute Gasteiger partial charge is 0.303 e. The van der Waals surface area contributed by atoms with E-state index in [1.54, 1.807) is 0 Å². The van der Waals surface area contributed by atoms with Crippen LogP contribution in [-0.2, 0) is 11.2 Å². The van der Waals surface area contributed by atoms with E-state index in [0.717, 1.165) is 11.3 Å². The molecule has 2 aromatic rings. The largest absolute Gasteiger partial charge is 0.481 e. The third kappa shape index (κ3) is 2.59. The Balaban J connectivity index is 2.30. The maximum Gasteiger partial charge on any atom is 0.303 e. The highest BCUT2D eigenvalue weighted by atomic mass is 16.4. The van der Waals surface area contributed by atoms with Gasteiger partial charge in [0.2, 0.25) is 0 Å². The first-order valence-corrected chi connectivity index (χ1v) is 5.79. The molecular weight excluding hydrogens is 230 g/mol. The third-order valence-corrected chi connectivity index (χ3v) is 2.99. The van der Waals surface area contributed by atoms with Gasteiger partial charge in [0, 0.05) is 12.0 Å². The minimum Gasteiger partial charge on any atom is -0.481 e.